The van der Waals surface area contributed by atoms with E-state index in [4.69, 9.17) is 4.74 Å². The Labute approximate surface area is 183 Å². The summed E-state index contributed by atoms with van der Waals surface area (Å²) in [5.41, 5.74) is 3.65. The van der Waals surface area contributed by atoms with E-state index in [0.717, 1.165) is 28.2 Å². The molecular formula is C22H29ClN4O3. The number of carbonyl (C=O) groups excluding carboxylic acids is 2. The third kappa shape index (κ3) is 5.02. The maximum Gasteiger partial charge on any atom is 0.407 e. The van der Waals surface area contributed by atoms with E-state index in [1.165, 1.54) is 0 Å². The number of halogens is 1. The Kier molecular flexibility index (Phi) is 7.67. The lowest BCUT2D eigenvalue weighted by molar-refractivity contribution is -0.117. The number of pyridine rings is 1. The van der Waals surface area contributed by atoms with Crippen molar-refractivity contribution < 1.29 is 14.3 Å². The number of aromatic nitrogens is 1. The predicted molar refractivity (Wildman–Crippen MR) is 121 cm³/mol. The number of fused-ring (bicyclic) bond motifs is 1. The monoisotopic (exact) mass is 432 g/mol. The lowest BCUT2D eigenvalue weighted by Crippen LogP contribution is -2.45. The van der Waals surface area contributed by atoms with Gasteiger partial charge in [-0.3, -0.25) is 4.79 Å². The molecular weight excluding hydrogens is 404 g/mol. The lowest BCUT2D eigenvalue weighted by Gasteiger charge is -2.39. The van der Waals surface area contributed by atoms with Gasteiger partial charge in [-0.15, -0.1) is 12.4 Å². The number of nitrogens with zero attached hydrogens (tertiary/aromatic N) is 2. The molecule has 0 bridgehead atoms. The summed E-state index contributed by atoms with van der Waals surface area (Å²) in [6.45, 7) is 7.18. The number of anilines is 2. The first-order chi connectivity index (χ1) is 13.8. The number of alkyl carbamates (subject to hydrolysis) is 1. The molecule has 2 atom stereocenters. The minimum Gasteiger partial charge on any atom is -0.447 e. The standard InChI is InChI=1S/C22H28N4O3.ClH/c1-13(2)29-22(28)25-19-10-14(3)26(15(4)27)20-8-6-16(11-18(19)20)17-7-9-21(23-5)24-12-17;/h6-9,11-14,19H,10H2,1-5H3,(H,23,24)(H,25,28);1H/t14-,19+;/m1./s1. The van der Waals surface area contributed by atoms with Crippen molar-refractivity contribution in [3.05, 3.63) is 42.1 Å². The van der Waals surface area contributed by atoms with E-state index in [1.54, 1.807) is 18.0 Å². The smallest absolute Gasteiger partial charge is 0.407 e. The fourth-order valence-corrected chi connectivity index (χ4v) is 3.76. The number of rotatable bonds is 4. The quantitative estimate of drug-likeness (QED) is 0.741. The zero-order chi connectivity index (χ0) is 21.1. The topological polar surface area (TPSA) is 83.6 Å². The Hall–Kier alpha value is -2.80. The molecule has 1 aliphatic rings. The second-order valence-corrected chi connectivity index (χ2v) is 7.58. The second-order valence-electron chi connectivity index (χ2n) is 7.58. The van der Waals surface area contributed by atoms with Gasteiger partial charge in [-0.25, -0.2) is 9.78 Å². The van der Waals surface area contributed by atoms with Crippen LogP contribution in [0.2, 0.25) is 0 Å². The molecule has 0 fully saturated rings. The highest BCUT2D eigenvalue weighted by Gasteiger charge is 2.33. The number of hydrogen-bond donors (Lipinski definition) is 2. The van der Waals surface area contributed by atoms with Crippen LogP contribution in [-0.4, -0.2) is 36.2 Å². The molecule has 3 rings (SSSR count). The summed E-state index contributed by atoms with van der Waals surface area (Å²) in [7, 11) is 1.82. The molecule has 2 aromatic rings. The Balaban J connectivity index is 0.00000320. The molecule has 30 heavy (non-hydrogen) atoms. The first kappa shape index (κ1) is 23.5. The van der Waals surface area contributed by atoms with Crippen molar-refractivity contribution in [1.82, 2.24) is 10.3 Å². The molecule has 7 nitrogen and oxygen atoms in total. The second kappa shape index (κ2) is 9.80. The van der Waals surface area contributed by atoms with Gasteiger partial charge in [0, 0.05) is 37.5 Å². The van der Waals surface area contributed by atoms with Crippen molar-refractivity contribution in [3.63, 3.8) is 0 Å². The molecule has 1 aromatic heterocycles. The van der Waals surface area contributed by atoms with Crippen molar-refractivity contribution >= 4 is 35.9 Å². The van der Waals surface area contributed by atoms with Gasteiger partial charge in [0.1, 0.15) is 5.82 Å². The van der Waals surface area contributed by atoms with Gasteiger partial charge in [-0.05, 0) is 62.6 Å². The highest BCUT2D eigenvalue weighted by atomic mass is 35.5. The molecule has 1 aromatic carbocycles. The molecule has 0 radical (unpaired) electrons. The fraction of sp³-hybridized carbons (Fsp3) is 0.409. The van der Waals surface area contributed by atoms with Crippen molar-refractivity contribution in [3.8, 4) is 11.1 Å². The third-order valence-corrected chi connectivity index (χ3v) is 5.01. The molecule has 0 aliphatic carbocycles. The molecule has 2 heterocycles. The maximum atomic E-state index is 12.3. The van der Waals surface area contributed by atoms with Crippen LogP contribution in [0.4, 0.5) is 16.3 Å². The van der Waals surface area contributed by atoms with Gasteiger partial charge < -0.3 is 20.3 Å². The van der Waals surface area contributed by atoms with Crippen LogP contribution in [0.3, 0.4) is 0 Å². The molecule has 162 valence electrons. The summed E-state index contributed by atoms with van der Waals surface area (Å²) < 4.78 is 5.27. The van der Waals surface area contributed by atoms with Crippen LogP contribution in [-0.2, 0) is 9.53 Å². The first-order valence-corrected chi connectivity index (χ1v) is 9.85. The number of nitrogens with one attached hydrogen (secondary N) is 2. The molecule has 2 N–H and O–H groups in total. The van der Waals surface area contributed by atoms with E-state index in [9.17, 15) is 9.59 Å². The zero-order valence-corrected chi connectivity index (χ0v) is 18.7. The molecule has 0 saturated carbocycles. The zero-order valence-electron chi connectivity index (χ0n) is 17.9. The minimum absolute atomic E-state index is 0. The van der Waals surface area contributed by atoms with E-state index in [1.807, 2.05) is 58.2 Å². The normalized spacial score (nSPS) is 17.6. The van der Waals surface area contributed by atoms with Gasteiger partial charge in [0.05, 0.1) is 12.1 Å². The van der Waals surface area contributed by atoms with E-state index in [0.29, 0.717) is 6.42 Å². The lowest BCUT2D eigenvalue weighted by atomic mass is 9.89. The van der Waals surface area contributed by atoms with Crippen molar-refractivity contribution in [1.29, 1.82) is 0 Å². The Morgan fingerprint density at radius 2 is 1.90 bits per heavy atom. The van der Waals surface area contributed by atoms with Crippen LogP contribution < -0.4 is 15.5 Å². The largest absolute Gasteiger partial charge is 0.447 e. The van der Waals surface area contributed by atoms with Crippen molar-refractivity contribution in [2.45, 2.75) is 52.3 Å². The number of carbonyl (C=O) groups is 2. The van der Waals surface area contributed by atoms with Gasteiger partial charge in [0.25, 0.3) is 0 Å². The van der Waals surface area contributed by atoms with Gasteiger partial charge in [0.2, 0.25) is 5.91 Å². The van der Waals surface area contributed by atoms with Crippen LogP contribution in [0.25, 0.3) is 11.1 Å². The summed E-state index contributed by atoms with van der Waals surface area (Å²) in [6, 6.07) is 9.56. The van der Waals surface area contributed by atoms with E-state index >= 15 is 0 Å². The van der Waals surface area contributed by atoms with Crippen molar-refractivity contribution in [2.75, 3.05) is 17.3 Å². The highest BCUT2D eigenvalue weighted by molar-refractivity contribution is 5.94. The van der Waals surface area contributed by atoms with Gasteiger partial charge in [0.15, 0.2) is 0 Å². The van der Waals surface area contributed by atoms with Crippen molar-refractivity contribution in [2.24, 2.45) is 0 Å². The van der Waals surface area contributed by atoms with Crippen LogP contribution >= 0.6 is 12.4 Å². The van der Waals surface area contributed by atoms with Gasteiger partial charge >= 0.3 is 6.09 Å². The van der Waals surface area contributed by atoms with Gasteiger partial charge in [-0.1, -0.05) is 6.07 Å². The number of ether oxygens (including phenoxy) is 1. The fourth-order valence-electron chi connectivity index (χ4n) is 3.76. The van der Waals surface area contributed by atoms with E-state index < -0.39 is 6.09 Å². The molecule has 0 spiro atoms. The Morgan fingerprint density at radius 3 is 2.47 bits per heavy atom. The van der Waals surface area contributed by atoms with Crippen LogP contribution in [0.1, 0.15) is 45.7 Å². The van der Waals surface area contributed by atoms with E-state index in [-0.39, 0.29) is 36.5 Å². The number of benzene rings is 1. The summed E-state index contributed by atoms with van der Waals surface area (Å²) >= 11 is 0. The first-order valence-electron chi connectivity index (χ1n) is 9.85. The molecule has 0 saturated heterocycles. The highest BCUT2D eigenvalue weighted by Crippen LogP contribution is 2.39. The molecule has 1 aliphatic heterocycles. The SMILES string of the molecule is CNc1ccc(-c2ccc3c(c2)[C@@H](NC(=O)OC(C)C)C[C@@H](C)N3C(C)=O)cn1.Cl. The Bertz CT molecular complexity index is 902. The Morgan fingerprint density at radius 1 is 1.20 bits per heavy atom. The predicted octanol–water partition coefficient (Wildman–Crippen LogP) is 4.53. The molecule has 0 unspecified atom stereocenters. The summed E-state index contributed by atoms with van der Waals surface area (Å²) in [4.78, 5) is 30.7. The average molecular weight is 433 g/mol. The third-order valence-electron chi connectivity index (χ3n) is 5.01. The summed E-state index contributed by atoms with van der Waals surface area (Å²) in [5.74, 6) is 0.772. The minimum atomic E-state index is -0.454. The summed E-state index contributed by atoms with van der Waals surface area (Å²) in [6.07, 6.45) is 1.76. The summed E-state index contributed by atoms with van der Waals surface area (Å²) in [5, 5.41) is 5.97. The van der Waals surface area contributed by atoms with Crippen LogP contribution in [0.15, 0.2) is 36.5 Å². The number of hydrogen-bond acceptors (Lipinski definition) is 5. The average Bonchev–Trinajstić information content (AvgIpc) is 2.67. The van der Waals surface area contributed by atoms with Crippen LogP contribution in [0, 0.1) is 0 Å². The maximum absolute atomic E-state index is 12.3. The van der Waals surface area contributed by atoms with Crippen LogP contribution in [0.5, 0.6) is 0 Å². The number of amides is 2. The molecule has 8 heteroatoms. The molecule has 2 amide bonds. The van der Waals surface area contributed by atoms with E-state index in [2.05, 4.69) is 15.6 Å². The van der Waals surface area contributed by atoms with Gasteiger partial charge in [-0.2, -0.15) is 0 Å².